The number of nitrogens with zero attached hydrogens (tertiary/aromatic N) is 4. The van der Waals surface area contributed by atoms with Gasteiger partial charge in [-0.05, 0) is 63.2 Å². The van der Waals surface area contributed by atoms with E-state index in [-0.39, 0.29) is 11.6 Å². The molecule has 1 aliphatic carbocycles. The lowest BCUT2D eigenvalue weighted by atomic mass is 9.82. The molecule has 4 nitrogen and oxygen atoms in total. The van der Waals surface area contributed by atoms with E-state index in [4.69, 9.17) is 9.98 Å². The molecule has 226 valence electrons. The second-order valence-electron chi connectivity index (χ2n) is 13.1. The minimum atomic E-state index is -0.231. The topological polar surface area (TPSA) is 32.9 Å². The van der Waals surface area contributed by atoms with Crippen molar-refractivity contribution >= 4 is 33.6 Å². The highest BCUT2D eigenvalue weighted by Gasteiger charge is 2.37. The zero-order valence-electron chi connectivity index (χ0n) is 26.7. The maximum atomic E-state index is 5.36. The predicted molar refractivity (Wildman–Crippen MR) is 195 cm³/mol. The van der Waals surface area contributed by atoms with Gasteiger partial charge in [0, 0.05) is 28.8 Å². The zero-order valence-corrected chi connectivity index (χ0v) is 26.7. The van der Waals surface area contributed by atoms with Gasteiger partial charge in [-0.15, -0.1) is 0 Å². The molecule has 0 N–H and O–H groups in total. The van der Waals surface area contributed by atoms with Gasteiger partial charge in [-0.3, -0.25) is 4.57 Å². The van der Waals surface area contributed by atoms with Crippen molar-refractivity contribution in [3.8, 4) is 22.3 Å². The van der Waals surface area contributed by atoms with Gasteiger partial charge in [-0.1, -0.05) is 135 Å². The van der Waals surface area contributed by atoms with Crippen LogP contribution >= 0.6 is 0 Å². The van der Waals surface area contributed by atoms with Crippen LogP contribution in [-0.4, -0.2) is 28.3 Å². The quantitative estimate of drug-likeness (QED) is 0.197. The van der Waals surface area contributed by atoms with Crippen molar-refractivity contribution < 1.29 is 0 Å². The summed E-state index contributed by atoms with van der Waals surface area (Å²) >= 11 is 0. The number of amidine groups is 1. The Morgan fingerprint density at radius 3 is 1.94 bits per heavy atom. The Balaban J connectivity index is 1.35. The number of aliphatic imine (C=N–C) groups is 2. The molecular weight excluding hydrogens is 573 g/mol. The van der Waals surface area contributed by atoms with Gasteiger partial charge in [0.1, 0.15) is 0 Å². The molecule has 0 fully saturated rings. The number of benzene rings is 6. The van der Waals surface area contributed by atoms with Crippen LogP contribution in [-0.2, 0) is 5.41 Å². The fourth-order valence-corrected chi connectivity index (χ4v) is 7.61. The molecule has 0 amide bonds. The summed E-state index contributed by atoms with van der Waals surface area (Å²) in [7, 11) is 2.12. The van der Waals surface area contributed by atoms with E-state index in [9.17, 15) is 0 Å². The maximum Gasteiger partial charge on any atom is 0.214 e. The summed E-state index contributed by atoms with van der Waals surface area (Å²) < 4.78 is 2.37. The number of fused-ring (bicyclic) bond motifs is 6. The number of aromatic nitrogens is 1. The Labute approximate surface area is 275 Å². The highest BCUT2D eigenvalue weighted by molar-refractivity contribution is 6.18. The Morgan fingerprint density at radius 2 is 1.19 bits per heavy atom. The highest BCUT2D eigenvalue weighted by Crippen LogP contribution is 2.51. The molecule has 2 aliphatic rings. The second-order valence-corrected chi connectivity index (χ2v) is 13.1. The van der Waals surface area contributed by atoms with Crippen molar-refractivity contribution in [3.05, 3.63) is 168 Å². The number of hydrogen-bond donors (Lipinski definition) is 0. The van der Waals surface area contributed by atoms with Gasteiger partial charge in [0.2, 0.25) is 5.96 Å². The molecule has 0 radical (unpaired) electrons. The maximum absolute atomic E-state index is 5.36. The van der Waals surface area contributed by atoms with Crippen LogP contribution in [0.25, 0.3) is 44.1 Å². The van der Waals surface area contributed by atoms with Crippen molar-refractivity contribution in [2.75, 3.05) is 7.05 Å². The summed E-state index contributed by atoms with van der Waals surface area (Å²) in [4.78, 5) is 12.8. The number of hydrogen-bond acceptors (Lipinski definition) is 3. The van der Waals surface area contributed by atoms with Crippen molar-refractivity contribution in [1.82, 2.24) is 9.47 Å². The summed E-state index contributed by atoms with van der Waals surface area (Å²) in [5.41, 5.74) is 12.0. The molecular formula is C43H34N4. The first-order valence-electron chi connectivity index (χ1n) is 16.3. The number of rotatable bonds is 3. The Bertz CT molecular complexity index is 2380. The lowest BCUT2D eigenvalue weighted by Gasteiger charge is -2.33. The van der Waals surface area contributed by atoms with Crippen molar-refractivity contribution in [1.29, 1.82) is 0 Å². The molecule has 2 heterocycles. The Morgan fingerprint density at radius 1 is 0.553 bits per heavy atom. The third kappa shape index (κ3) is 4.21. The van der Waals surface area contributed by atoms with E-state index in [1.165, 1.54) is 44.2 Å². The smallest absolute Gasteiger partial charge is 0.214 e. The van der Waals surface area contributed by atoms with Crippen LogP contribution in [0.2, 0.25) is 0 Å². The van der Waals surface area contributed by atoms with Gasteiger partial charge in [-0.25, -0.2) is 4.99 Å². The molecule has 7 aromatic rings. The largest absolute Gasteiger partial charge is 0.319 e. The average Bonchev–Trinajstić information content (AvgIpc) is 3.56. The van der Waals surface area contributed by atoms with Crippen LogP contribution in [0.5, 0.6) is 0 Å². The minimum Gasteiger partial charge on any atom is -0.319 e. The summed E-state index contributed by atoms with van der Waals surface area (Å²) in [5, 5.41) is 2.43. The zero-order chi connectivity index (χ0) is 31.7. The molecule has 4 heteroatoms. The van der Waals surface area contributed by atoms with Crippen molar-refractivity contribution in [3.63, 3.8) is 0 Å². The molecule has 0 spiro atoms. The molecule has 6 aromatic carbocycles. The fraction of sp³-hybridized carbons (Fsp3) is 0.116. The van der Waals surface area contributed by atoms with E-state index in [0.29, 0.717) is 0 Å². The molecule has 1 atom stereocenters. The molecule has 1 aromatic heterocycles. The summed E-state index contributed by atoms with van der Waals surface area (Å²) in [6.45, 7) is 4.69. The van der Waals surface area contributed by atoms with Crippen molar-refractivity contribution in [2.24, 2.45) is 9.98 Å². The molecule has 9 rings (SSSR count). The van der Waals surface area contributed by atoms with Gasteiger partial charge in [-0.2, -0.15) is 4.99 Å². The van der Waals surface area contributed by atoms with Crippen LogP contribution < -0.4 is 0 Å². The van der Waals surface area contributed by atoms with Crippen molar-refractivity contribution in [2.45, 2.75) is 25.4 Å². The van der Waals surface area contributed by atoms with Crippen LogP contribution in [0.4, 0.5) is 0 Å². The molecule has 1 unspecified atom stereocenters. The lowest BCUT2D eigenvalue weighted by molar-refractivity contribution is 0.372. The van der Waals surface area contributed by atoms with Gasteiger partial charge in [0.15, 0.2) is 12.0 Å². The summed E-state index contributed by atoms with van der Waals surface area (Å²) in [6.07, 6.45) is -0.231. The van der Waals surface area contributed by atoms with Gasteiger partial charge in [0.25, 0.3) is 0 Å². The van der Waals surface area contributed by atoms with Crippen LogP contribution in [0, 0.1) is 0 Å². The van der Waals surface area contributed by atoms with Crippen LogP contribution in [0.3, 0.4) is 0 Å². The Hall–Kier alpha value is -5.74. The highest BCUT2D eigenvalue weighted by atomic mass is 15.4. The lowest BCUT2D eigenvalue weighted by Crippen LogP contribution is -2.39. The second kappa shape index (κ2) is 10.4. The molecule has 1 aliphatic heterocycles. The van der Waals surface area contributed by atoms with Gasteiger partial charge in [0.05, 0.1) is 11.0 Å². The average molecular weight is 607 g/mol. The van der Waals surface area contributed by atoms with E-state index in [0.717, 1.165) is 34.0 Å². The SMILES string of the molecule is CN1C(n2c3ccc(-c4ccccc4)cc3c3cc4c(cc32)C(C)(C)c2ccccc2-4)=NC(c2ccccc2)=NC1c1ccccc1. The van der Waals surface area contributed by atoms with Crippen LogP contribution in [0.15, 0.2) is 156 Å². The molecule has 0 saturated carbocycles. The predicted octanol–water partition coefficient (Wildman–Crippen LogP) is 10.1. The minimum absolute atomic E-state index is 0.125. The molecule has 0 bridgehead atoms. The van der Waals surface area contributed by atoms with E-state index in [1.54, 1.807) is 0 Å². The summed E-state index contributed by atoms with van der Waals surface area (Å²) in [5.74, 6) is 1.59. The van der Waals surface area contributed by atoms with E-state index in [1.807, 2.05) is 6.07 Å². The van der Waals surface area contributed by atoms with Crippen LogP contribution in [0.1, 0.15) is 42.3 Å². The van der Waals surface area contributed by atoms with E-state index >= 15 is 0 Å². The monoisotopic (exact) mass is 606 g/mol. The molecule has 0 saturated heterocycles. The van der Waals surface area contributed by atoms with Gasteiger partial charge >= 0.3 is 0 Å². The standard InChI is InChI=1S/C43H34N4/c1-43(2)36-22-14-13-21-32(36)33-26-35-34-25-31(28-15-7-4-8-16-28)23-24-38(34)47(39(35)27-37(33)43)42-45-40(29-17-9-5-10-18-29)44-41(46(42)3)30-19-11-6-12-20-30/h4-27,41H,1-3H3. The van der Waals surface area contributed by atoms with Gasteiger partial charge < -0.3 is 4.90 Å². The first-order valence-corrected chi connectivity index (χ1v) is 16.3. The third-order valence-electron chi connectivity index (χ3n) is 10.0. The first kappa shape index (κ1) is 27.6. The fourth-order valence-electron chi connectivity index (χ4n) is 7.61. The first-order chi connectivity index (χ1) is 23.0. The normalized spacial score (nSPS) is 16.6. The Kier molecular flexibility index (Phi) is 6.10. The molecule has 47 heavy (non-hydrogen) atoms. The van der Waals surface area contributed by atoms with E-state index in [2.05, 4.69) is 170 Å². The third-order valence-corrected chi connectivity index (χ3v) is 10.0. The van der Waals surface area contributed by atoms with E-state index < -0.39 is 0 Å². The summed E-state index contributed by atoms with van der Waals surface area (Å²) in [6, 6.07) is 52.1.